The van der Waals surface area contributed by atoms with E-state index in [0.717, 1.165) is 0 Å². The Morgan fingerprint density at radius 2 is 2.29 bits per heavy atom. The van der Waals surface area contributed by atoms with E-state index in [2.05, 4.69) is 15.5 Å². The van der Waals surface area contributed by atoms with Crippen LogP contribution < -0.4 is 5.32 Å². The van der Waals surface area contributed by atoms with Crippen LogP contribution in [-0.4, -0.2) is 21.2 Å². The molecule has 6 nitrogen and oxygen atoms in total. The largest absolute Gasteiger partial charge is 0.506 e. The maximum absolute atomic E-state index is 11.7. The molecule has 0 saturated carbocycles. The number of hydrogen-bond acceptors (Lipinski definition) is 5. The molecule has 2 aromatic rings. The summed E-state index contributed by atoms with van der Waals surface area (Å²) in [5, 5.41) is 15.2. The molecule has 0 unspecified atom stereocenters. The second kappa shape index (κ2) is 4.42. The third kappa shape index (κ3) is 2.54. The molecule has 1 aromatic carbocycles. The Labute approximate surface area is 101 Å². The van der Waals surface area contributed by atoms with Crippen LogP contribution >= 0.6 is 11.6 Å². The number of carbonyl (C=O) groups is 1. The zero-order chi connectivity index (χ0) is 12.4. The van der Waals surface area contributed by atoms with Gasteiger partial charge in [-0.1, -0.05) is 16.8 Å². The number of nitrogens with zero attached hydrogens (tertiary/aromatic N) is 2. The van der Waals surface area contributed by atoms with Gasteiger partial charge in [-0.15, -0.1) is 0 Å². The molecular weight excluding hydrogens is 246 g/mol. The lowest BCUT2D eigenvalue weighted by molar-refractivity contribution is 0.102. The molecule has 0 bridgehead atoms. The number of aromatic hydroxyl groups is 1. The van der Waals surface area contributed by atoms with Crippen molar-refractivity contribution in [1.82, 2.24) is 10.1 Å². The van der Waals surface area contributed by atoms with Crippen LogP contribution in [0.5, 0.6) is 5.75 Å². The molecule has 88 valence electrons. The number of carbonyl (C=O) groups excluding carboxylic acids is 1. The van der Waals surface area contributed by atoms with E-state index in [1.54, 1.807) is 6.92 Å². The van der Waals surface area contributed by atoms with Gasteiger partial charge < -0.3 is 9.63 Å². The predicted molar refractivity (Wildman–Crippen MR) is 60.1 cm³/mol. The number of halogens is 1. The summed E-state index contributed by atoms with van der Waals surface area (Å²) in [5.74, 6) is -0.114. The van der Waals surface area contributed by atoms with E-state index in [0.29, 0.717) is 5.82 Å². The quantitative estimate of drug-likeness (QED) is 0.854. The summed E-state index contributed by atoms with van der Waals surface area (Å²) >= 11 is 5.68. The summed E-state index contributed by atoms with van der Waals surface area (Å²) < 4.78 is 4.73. The zero-order valence-electron chi connectivity index (χ0n) is 8.77. The minimum Gasteiger partial charge on any atom is -0.506 e. The van der Waals surface area contributed by atoms with Crippen molar-refractivity contribution in [3.05, 3.63) is 34.6 Å². The molecule has 1 amide bonds. The first kappa shape index (κ1) is 11.4. The Kier molecular flexibility index (Phi) is 2.97. The van der Waals surface area contributed by atoms with Crippen molar-refractivity contribution in [3.63, 3.8) is 0 Å². The molecule has 17 heavy (non-hydrogen) atoms. The van der Waals surface area contributed by atoms with Crippen molar-refractivity contribution in [2.75, 3.05) is 5.32 Å². The van der Waals surface area contributed by atoms with Gasteiger partial charge in [-0.25, -0.2) is 0 Å². The number of anilines is 1. The summed E-state index contributed by atoms with van der Waals surface area (Å²) in [4.78, 5) is 15.5. The molecule has 0 aliphatic heterocycles. The average Bonchev–Trinajstić information content (AvgIpc) is 2.68. The van der Waals surface area contributed by atoms with E-state index >= 15 is 0 Å². The normalized spacial score (nSPS) is 10.2. The summed E-state index contributed by atoms with van der Waals surface area (Å²) in [6.07, 6.45) is 0. The third-order valence-corrected chi connectivity index (χ3v) is 2.26. The second-order valence-electron chi connectivity index (χ2n) is 3.27. The highest BCUT2D eigenvalue weighted by molar-refractivity contribution is 6.32. The van der Waals surface area contributed by atoms with Crippen molar-refractivity contribution in [3.8, 4) is 5.75 Å². The van der Waals surface area contributed by atoms with Gasteiger partial charge >= 0.3 is 6.01 Å². The van der Waals surface area contributed by atoms with Crippen LogP contribution in [0.2, 0.25) is 5.02 Å². The van der Waals surface area contributed by atoms with Crippen LogP contribution in [0, 0.1) is 6.92 Å². The Bertz CT molecular complexity index is 568. The van der Waals surface area contributed by atoms with Crippen molar-refractivity contribution in [2.45, 2.75) is 6.92 Å². The fourth-order valence-corrected chi connectivity index (χ4v) is 1.35. The number of phenolic OH excluding ortho intramolecular Hbond substituents is 1. The number of aromatic nitrogens is 2. The van der Waals surface area contributed by atoms with Crippen LogP contribution in [0.15, 0.2) is 22.7 Å². The van der Waals surface area contributed by atoms with E-state index in [4.69, 9.17) is 16.1 Å². The lowest BCUT2D eigenvalue weighted by Crippen LogP contribution is -2.12. The zero-order valence-corrected chi connectivity index (χ0v) is 9.52. The van der Waals surface area contributed by atoms with Crippen molar-refractivity contribution in [2.24, 2.45) is 0 Å². The molecule has 0 aliphatic rings. The van der Waals surface area contributed by atoms with Gasteiger partial charge in [0, 0.05) is 5.56 Å². The topological polar surface area (TPSA) is 88.2 Å². The molecule has 0 saturated heterocycles. The van der Waals surface area contributed by atoms with Gasteiger partial charge in [-0.3, -0.25) is 10.1 Å². The highest BCUT2D eigenvalue weighted by Crippen LogP contribution is 2.23. The van der Waals surface area contributed by atoms with E-state index in [1.807, 2.05) is 0 Å². The van der Waals surface area contributed by atoms with Crippen molar-refractivity contribution >= 4 is 23.5 Å². The van der Waals surface area contributed by atoms with Crippen molar-refractivity contribution in [1.29, 1.82) is 0 Å². The Hall–Kier alpha value is -2.08. The Morgan fingerprint density at radius 1 is 1.53 bits per heavy atom. The van der Waals surface area contributed by atoms with E-state index in [-0.39, 0.29) is 22.4 Å². The van der Waals surface area contributed by atoms with Crippen LogP contribution in [0.25, 0.3) is 0 Å². The molecule has 2 rings (SSSR count). The van der Waals surface area contributed by atoms with Gasteiger partial charge in [0.05, 0.1) is 5.02 Å². The number of amides is 1. The summed E-state index contributed by atoms with van der Waals surface area (Å²) in [5.41, 5.74) is 0.281. The summed E-state index contributed by atoms with van der Waals surface area (Å²) in [7, 11) is 0. The van der Waals surface area contributed by atoms with Gasteiger partial charge in [-0.2, -0.15) is 4.98 Å². The van der Waals surface area contributed by atoms with Gasteiger partial charge in [0.15, 0.2) is 5.82 Å². The maximum Gasteiger partial charge on any atom is 0.328 e. The number of rotatable bonds is 2. The first-order valence-corrected chi connectivity index (χ1v) is 5.04. The van der Waals surface area contributed by atoms with Gasteiger partial charge in [0.25, 0.3) is 5.91 Å². The number of benzene rings is 1. The molecular formula is C10H8ClN3O3. The monoisotopic (exact) mass is 253 g/mol. The number of aryl methyl sites for hydroxylation is 1. The number of phenols is 1. The molecule has 1 heterocycles. The highest BCUT2D eigenvalue weighted by atomic mass is 35.5. The van der Waals surface area contributed by atoms with Crippen LogP contribution in [0.3, 0.4) is 0 Å². The van der Waals surface area contributed by atoms with Gasteiger partial charge in [0.2, 0.25) is 0 Å². The highest BCUT2D eigenvalue weighted by Gasteiger charge is 2.11. The average molecular weight is 254 g/mol. The minimum absolute atomic E-state index is 0.0108. The number of hydrogen-bond donors (Lipinski definition) is 2. The molecule has 0 fully saturated rings. The fourth-order valence-electron chi connectivity index (χ4n) is 1.17. The molecule has 1 aromatic heterocycles. The number of nitrogens with one attached hydrogen (secondary N) is 1. The van der Waals surface area contributed by atoms with Crippen LogP contribution in [-0.2, 0) is 0 Å². The van der Waals surface area contributed by atoms with E-state index in [9.17, 15) is 9.90 Å². The standard InChI is InChI=1S/C10H8ClN3O3/c1-5-12-10(17-14-5)13-9(16)6-2-3-8(15)7(11)4-6/h2-4,15H,1H3,(H,12,13,14,16). The first-order valence-electron chi connectivity index (χ1n) is 4.66. The maximum atomic E-state index is 11.7. The molecule has 0 atom stereocenters. The second-order valence-corrected chi connectivity index (χ2v) is 3.67. The Morgan fingerprint density at radius 3 is 2.88 bits per heavy atom. The minimum atomic E-state index is -0.449. The summed E-state index contributed by atoms with van der Waals surface area (Å²) in [6, 6.07) is 4.11. The fraction of sp³-hybridized carbons (Fsp3) is 0.100. The SMILES string of the molecule is Cc1noc(NC(=O)c2ccc(O)c(Cl)c2)n1. The van der Waals surface area contributed by atoms with E-state index < -0.39 is 5.91 Å². The predicted octanol–water partition coefficient (Wildman–Crippen LogP) is 1.99. The molecule has 2 N–H and O–H groups in total. The van der Waals surface area contributed by atoms with E-state index in [1.165, 1.54) is 18.2 Å². The van der Waals surface area contributed by atoms with Gasteiger partial charge in [0.1, 0.15) is 5.75 Å². The third-order valence-electron chi connectivity index (χ3n) is 1.96. The Balaban J connectivity index is 2.17. The lowest BCUT2D eigenvalue weighted by Gasteiger charge is -2.02. The smallest absolute Gasteiger partial charge is 0.328 e. The van der Waals surface area contributed by atoms with Crippen LogP contribution in [0.1, 0.15) is 16.2 Å². The molecule has 7 heteroatoms. The molecule has 0 aliphatic carbocycles. The summed E-state index contributed by atoms with van der Waals surface area (Å²) in [6.45, 7) is 1.64. The molecule has 0 radical (unpaired) electrons. The molecule has 0 spiro atoms. The van der Waals surface area contributed by atoms with Crippen molar-refractivity contribution < 1.29 is 14.4 Å². The van der Waals surface area contributed by atoms with Gasteiger partial charge in [-0.05, 0) is 25.1 Å². The van der Waals surface area contributed by atoms with Crippen LogP contribution in [0.4, 0.5) is 6.01 Å². The lowest BCUT2D eigenvalue weighted by atomic mass is 10.2. The first-order chi connectivity index (χ1) is 8.06.